The van der Waals surface area contributed by atoms with Crippen LogP contribution in [0.5, 0.6) is 0 Å². The Morgan fingerprint density at radius 2 is 1.95 bits per heavy atom. The monoisotopic (exact) mass is 308 g/mol. The largest absolute Gasteiger partial charge is 0.387 e. The van der Waals surface area contributed by atoms with Gasteiger partial charge >= 0.3 is 0 Å². The minimum Gasteiger partial charge on any atom is -0.387 e. The summed E-state index contributed by atoms with van der Waals surface area (Å²) in [6, 6.07) is 16.5. The first-order chi connectivity index (χ1) is 10.6. The van der Waals surface area contributed by atoms with Gasteiger partial charge in [0.05, 0.1) is 22.5 Å². The summed E-state index contributed by atoms with van der Waals surface area (Å²) in [5, 5.41) is 8.69. The molecular formula is C17H16N4S. The van der Waals surface area contributed by atoms with E-state index in [2.05, 4.69) is 34.2 Å². The van der Waals surface area contributed by atoms with Gasteiger partial charge in [-0.05, 0) is 30.2 Å². The molecule has 3 rings (SSSR count). The molecule has 1 heterocycles. The number of fused-ring (bicyclic) bond motifs is 1. The summed E-state index contributed by atoms with van der Waals surface area (Å²) in [5.41, 5.74) is 8.82. The number of thiazole rings is 1. The average molecular weight is 308 g/mol. The van der Waals surface area contributed by atoms with Crippen molar-refractivity contribution in [3.8, 4) is 11.1 Å². The zero-order valence-electron chi connectivity index (χ0n) is 12.2. The summed E-state index contributed by atoms with van der Waals surface area (Å²) in [4.78, 5) is 8.51. The smallest absolute Gasteiger partial charge is 0.129 e. The third-order valence-corrected chi connectivity index (χ3v) is 4.19. The van der Waals surface area contributed by atoms with Gasteiger partial charge < -0.3 is 5.73 Å². The fourth-order valence-electron chi connectivity index (χ4n) is 2.25. The minimum atomic E-state index is 0.238. The molecule has 0 fully saturated rings. The fraction of sp³-hybridized carbons (Fsp3) is 0.118. The van der Waals surface area contributed by atoms with Gasteiger partial charge in [-0.25, -0.2) is 9.98 Å². The molecule has 0 atom stereocenters. The molecule has 4 nitrogen and oxygen atoms in total. The van der Waals surface area contributed by atoms with Gasteiger partial charge in [0, 0.05) is 0 Å². The first-order valence-electron chi connectivity index (χ1n) is 6.95. The second-order valence-corrected chi connectivity index (χ2v) is 6.15. The topological polar surface area (TPSA) is 75.1 Å². The maximum atomic E-state index is 7.81. The fourth-order valence-corrected chi connectivity index (χ4v) is 3.26. The second kappa shape index (κ2) is 6.07. The normalized spacial score (nSPS) is 11.8. The van der Waals surface area contributed by atoms with Crippen molar-refractivity contribution in [1.82, 2.24) is 4.98 Å². The molecule has 0 radical (unpaired) electrons. The second-order valence-electron chi connectivity index (χ2n) is 5.03. The molecule has 0 aliphatic rings. The van der Waals surface area contributed by atoms with Crippen LogP contribution in [0.25, 0.3) is 21.3 Å². The van der Waals surface area contributed by atoms with E-state index < -0.39 is 0 Å². The third kappa shape index (κ3) is 3.20. The van der Waals surface area contributed by atoms with E-state index in [0.717, 1.165) is 15.2 Å². The zero-order chi connectivity index (χ0) is 15.5. The Bertz CT molecular complexity index is 845. The highest BCUT2D eigenvalue weighted by atomic mass is 32.1. The van der Waals surface area contributed by atoms with Crippen molar-refractivity contribution in [1.29, 1.82) is 5.41 Å². The zero-order valence-corrected chi connectivity index (χ0v) is 13.0. The number of aliphatic imine (C=N–C) groups is 1. The van der Waals surface area contributed by atoms with E-state index >= 15 is 0 Å². The van der Waals surface area contributed by atoms with E-state index in [1.54, 1.807) is 18.3 Å². The molecule has 3 N–H and O–H groups in total. The molecule has 22 heavy (non-hydrogen) atoms. The lowest BCUT2D eigenvalue weighted by atomic mass is 10.1. The molecular weight excluding hydrogens is 292 g/mol. The van der Waals surface area contributed by atoms with Crippen molar-refractivity contribution in [2.24, 2.45) is 10.7 Å². The lowest BCUT2D eigenvalue weighted by molar-refractivity contribution is 1.20. The summed E-state index contributed by atoms with van der Waals surface area (Å²) in [6.45, 7) is 1.68. The molecule has 0 saturated heterocycles. The van der Waals surface area contributed by atoms with Crippen molar-refractivity contribution in [3.63, 3.8) is 0 Å². The maximum absolute atomic E-state index is 7.81. The van der Waals surface area contributed by atoms with Crippen LogP contribution in [0.1, 0.15) is 11.9 Å². The van der Waals surface area contributed by atoms with E-state index in [9.17, 15) is 0 Å². The Morgan fingerprint density at radius 1 is 1.18 bits per heavy atom. The minimum absolute atomic E-state index is 0.238. The number of amidine groups is 2. The van der Waals surface area contributed by atoms with E-state index in [1.165, 1.54) is 11.1 Å². The van der Waals surface area contributed by atoms with Crippen molar-refractivity contribution in [2.45, 2.75) is 13.3 Å². The van der Waals surface area contributed by atoms with Crippen LogP contribution in [-0.4, -0.2) is 16.7 Å². The van der Waals surface area contributed by atoms with Gasteiger partial charge in [-0.3, -0.25) is 5.41 Å². The molecule has 0 spiro atoms. The highest BCUT2D eigenvalue weighted by Gasteiger charge is 2.08. The number of benzene rings is 2. The highest BCUT2D eigenvalue weighted by Crippen LogP contribution is 2.28. The Kier molecular flexibility index (Phi) is 3.98. The molecule has 1 aromatic heterocycles. The number of rotatable bonds is 3. The maximum Gasteiger partial charge on any atom is 0.129 e. The summed E-state index contributed by atoms with van der Waals surface area (Å²) >= 11 is 1.60. The van der Waals surface area contributed by atoms with E-state index in [0.29, 0.717) is 12.3 Å². The van der Waals surface area contributed by atoms with Crippen LogP contribution in [-0.2, 0) is 6.42 Å². The molecule has 0 aliphatic heterocycles. The van der Waals surface area contributed by atoms with Crippen LogP contribution >= 0.6 is 11.3 Å². The van der Waals surface area contributed by atoms with E-state index in [-0.39, 0.29) is 5.84 Å². The predicted octanol–water partition coefficient (Wildman–Crippen LogP) is 3.86. The molecule has 5 heteroatoms. The first kappa shape index (κ1) is 14.4. The number of nitrogens with two attached hydrogens (primary N) is 1. The van der Waals surface area contributed by atoms with Gasteiger partial charge in [-0.2, -0.15) is 0 Å². The predicted molar refractivity (Wildman–Crippen MR) is 93.8 cm³/mol. The lowest BCUT2D eigenvalue weighted by Crippen LogP contribution is -2.10. The molecule has 0 bridgehead atoms. The number of nitrogens with zero attached hydrogens (tertiary/aromatic N) is 2. The molecule has 2 aromatic carbocycles. The molecule has 3 aromatic rings. The van der Waals surface area contributed by atoms with Crippen LogP contribution in [0.15, 0.2) is 53.5 Å². The molecule has 0 unspecified atom stereocenters. The van der Waals surface area contributed by atoms with Crippen LogP contribution < -0.4 is 5.73 Å². The Hall–Kier alpha value is -2.53. The average Bonchev–Trinajstić information content (AvgIpc) is 2.88. The molecule has 0 aliphatic carbocycles. The SMILES string of the molecule is C/C(N)=N/C(=N)Cc1nc2ccc(-c3ccccc3)cc2s1. The van der Waals surface area contributed by atoms with Crippen LogP contribution in [0.2, 0.25) is 0 Å². The lowest BCUT2D eigenvalue weighted by Gasteiger charge is -2.00. The van der Waals surface area contributed by atoms with Crippen LogP contribution in [0.3, 0.4) is 0 Å². The highest BCUT2D eigenvalue weighted by molar-refractivity contribution is 7.18. The number of hydrogen-bond donors (Lipinski definition) is 2. The third-order valence-electron chi connectivity index (χ3n) is 3.17. The summed E-state index contributed by atoms with van der Waals surface area (Å²) in [6.07, 6.45) is 0.411. The quantitative estimate of drug-likeness (QED) is 0.569. The van der Waals surface area contributed by atoms with Crippen molar-refractivity contribution in [2.75, 3.05) is 0 Å². The standard InChI is InChI=1S/C17H16N4S/c1-11(18)20-16(19)10-17-21-14-8-7-13(9-15(14)22-17)12-5-3-2-4-6-12/h2-9H,10H2,1H3,(H3,18,19,20). The summed E-state index contributed by atoms with van der Waals surface area (Å²) in [7, 11) is 0. The summed E-state index contributed by atoms with van der Waals surface area (Å²) in [5.74, 6) is 0.639. The summed E-state index contributed by atoms with van der Waals surface area (Å²) < 4.78 is 1.12. The number of aromatic nitrogens is 1. The number of nitrogens with one attached hydrogen (secondary N) is 1. The van der Waals surface area contributed by atoms with Gasteiger partial charge in [0.15, 0.2) is 0 Å². The molecule has 0 saturated carbocycles. The van der Waals surface area contributed by atoms with Gasteiger partial charge in [-0.1, -0.05) is 36.4 Å². The first-order valence-corrected chi connectivity index (χ1v) is 7.76. The Balaban J connectivity index is 1.91. The molecule has 110 valence electrons. The van der Waals surface area contributed by atoms with E-state index in [4.69, 9.17) is 11.1 Å². The Labute approximate surface area is 132 Å². The van der Waals surface area contributed by atoms with Crippen molar-refractivity contribution < 1.29 is 0 Å². The van der Waals surface area contributed by atoms with Gasteiger partial charge in [-0.15, -0.1) is 11.3 Å². The van der Waals surface area contributed by atoms with Gasteiger partial charge in [0.1, 0.15) is 10.8 Å². The van der Waals surface area contributed by atoms with Crippen LogP contribution in [0.4, 0.5) is 0 Å². The molecule has 0 amide bonds. The van der Waals surface area contributed by atoms with Gasteiger partial charge in [0.2, 0.25) is 0 Å². The number of hydrogen-bond acceptors (Lipinski definition) is 3. The van der Waals surface area contributed by atoms with Crippen molar-refractivity contribution in [3.05, 3.63) is 53.5 Å². The van der Waals surface area contributed by atoms with Crippen molar-refractivity contribution >= 4 is 33.2 Å². The van der Waals surface area contributed by atoms with Gasteiger partial charge in [0.25, 0.3) is 0 Å². The van der Waals surface area contributed by atoms with Crippen LogP contribution in [0, 0.1) is 5.41 Å². The Morgan fingerprint density at radius 3 is 2.68 bits per heavy atom. The van der Waals surface area contributed by atoms with E-state index in [1.807, 2.05) is 24.3 Å².